The highest BCUT2D eigenvalue weighted by Crippen LogP contribution is 2.46. The van der Waals surface area contributed by atoms with Crippen LogP contribution < -0.4 is 16.6 Å². The van der Waals surface area contributed by atoms with Crippen LogP contribution >= 0.6 is 23.4 Å². The summed E-state index contributed by atoms with van der Waals surface area (Å²) in [5.74, 6) is 5.47. The van der Waals surface area contributed by atoms with E-state index in [2.05, 4.69) is 22.0 Å². The zero-order chi connectivity index (χ0) is 13.2. The topological polar surface area (TPSA) is 80.0 Å². The lowest BCUT2D eigenvalue weighted by atomic mass is 10.2. The van der Waals surface area contributed by atoms with E-state index in [1.54, 1.807) is 17.8 Å². The molecule has 0 unspecified atom stereocenters. The van der Waals surface area contributed by atoms with Crippen molar-refractivity contribution >= 4 is 35.1 Å². The number of nitrogen functional groups attached to an aromatic ring is 1. The van der Waals surface area contributed by atoms with Crippen molar-refractivity contribution in [2.45, 2.75) is 17.6 Å². The molecule has 2 rings (SSSR count). The summed E-state index contributed by atoms with van der Waals surface area (Å²) in [7, 11) is 0. The Morgan fingerprint density at radius 1 is 1.61 bits per heavy atom. The fourth-order valence-corrected chi connectivity index (χ4v) is 2.57. The van der Waals surface area contributed by atoms with E-state index in [4.69, 9.17) is 17.4 Å². The fourth-order valence-electron chi connectivity index (χ4n) is 1.64. The third-order valence-electron chi connectivity index (χ3n) is 3.02. The van der Waals surface area contributed by atoms with Gasteiger partial charge < -0.3 is 10.7 Å². The minimum atomic E-state index is -0.156. The minimum absolute atomic E-state index is 0.156. The Kier molecular flexibility index (Phi) is 3.99. The molecule has 0 saturated heterocycles. The zero-order valence-corrected chi connectivity index (χ0v) is 11.6. The number of amides is 1. The van der Waals surface area contributed by atoms with E-state index in [9.17, 15) is 4.79 Å². The molecule has 0 radical (unpaired) electrons. The third-order valence-corrected chi connectivity index (χ3v) is 4.63. The Bertz CT molecular complexity index is 464. The molecule has 0 aromatic carbocycles. The van der Waals surface area contributed by atoms with E-state index < -0.39 is 0 Å². The lowest BCUT2D eigenvalue weighted by Crippen LogP contribution is -2.31. The lowest BCUT2D eigenvalue weighted by Gasteiger charge is -2.13. The van der Waals surface area contributed by atoms with Crippen molar-refractivity contribution in [3.63, 3.8) is 0 Å². The van der Waals surface area contributed by atoms with Crippen molar-refractivity contribution in [1.82, 2.24) is 10.3 Å². The van der Waals surface area contributed by atoms with Crippen LogP contribution in [-0.4, -0.2) is 28.4 Å². The molecule has 98 valence electrons. The Morgan fingerprint density at radius 2 is 2.33 bits per heavy atom. The summed E-state index contributed by atoms with van der Waals surface area (Å²) >= 11 is 7.61. The van der Waals surface area contributed by atoms with E-state index >= 15 is 0 Å². The van der Waals surface area contributed by atoms with Crippen molar-refractivity contribution in [2.24, 2.45) is 5.84 Å². The van der Waals surface area contributed by atoms with Gasteiger partial charge in [-0.25, -0.2) is 10.8 Å². The largest absolute Gasteiger partial charge is 0.351 e. The van der Waals surface area contributed by atoms with Crippen molar-refractivity contribution < 1.29 is 4.79 Å². The number of pyridine rings is 1. The van der Waals surface area contributed by atoms with Gasteiger partial charge in [0.05, 0.1) is 0 Å². The molecule has 1 aliphatic carbocycles. The van der Waals surface area contributed by atoms with Crippen molar-refractivity contribution in [3.8, 4) is 0 Å². The van der Waals surface area contributed by atoms with Crippen molar-refractivity contribution in [1.29, 1.82) is 0 Å². The van der Waals surface area contributed by atoms with Gasteiger partial charge in [0.2, 0.25) is 0 Å². The van der Waals surface area contributed by atoms with Gasteiger partial charge in [-0.05, 0) is 31.2 Å². The first kappa shape index (κ1) is 13.5. The maximum absolute atomic E-state index is 12.0. The number of carbonyl (C=O) groups is 1. The van der Waals surface area contributed by atoms with E-state index in [0.717, 1.165) is 12.8 Å². The highest BCUT2D eigenvalue weighted by atomic mass is 35.5. The number of nitrogens with one attached hydrogen (secondary N) is 2. The van der Waals surface area contributed by atoms with E-state index in [1.807, 2.05) is 0 Å². The predicted molar refractivity (Wildman–Crippen MR) is 74.9 cm³/mol. The summed E-state index contributed by atoms with van der Waals surface area (Å²) in [6, 6.07) is 3.09. The number of halogens is 1. The number of rotatable bonds is 5. The summed E-state index contributed by atoms with van der Waals surface area (Å²) in [5, 5.41) is 3.15. The monoisotopic (exact) mass is 286 g/mol. The third kappa shape index (κ3) is 3.07. The lowest BCUT2D eigenvalue weighted by molar-refractivity contribution is 0.0953. The van der Waals surface area contributed by atoms with Gasteiger partial charge in [-0.15, -0.1) is 0 Å². The van der Waals surface area contributed by atoms with Crippen LogP contribution in [0.5, 0.6) is 0 Å². The Morgan fingerprint density at radius 3 is 2.89 bits per heavy atom. The molecule has 1 amide bonds. The van der Waals surface area contributed by atoms with Gasteiger partial charge in [0.15, 0.2) is 0 Å². The second-order valence-corrected chi connectivity index (χ2v) is 5.94. The minimum Gasteiger partial charge on any atom is -0.351 e. The van der Waals surface area contributed by atoms with Gasteiger partial charge in [-0.2, -0.15) is 11.8 Å². The molecule has 1 aromatic rings. The van der Waals surface area contributed by atoms with E-state index in [-0.39, 0.29) is 15.8 Å². The molecule has 5 nitrogen and oxygen atoms in total. The fraction of sp³-hybridized carbons (Fsp3) is 0.455. The number of anilines is 1. The van der Waals surface area contributed by atoms with Crippen LogP contribution in [-0.2, 0) is 0 Å². The number of aromatic nitrogens is 1. The Balaban J connectivity index is 2.02. The molecule has 1 aliphatic rings. The first-order chi connectivity index (χ1) is 8.58. The second kappa shape index (κ2) is 5.34. The molecule has 0 atom stereocenters. The molecule has 1 heterocycles. The zero-order valence-electron chi connectivity index (χ0n) is 10.00. The number of nitrogens with two attached hydrogens (primary N) is 1. The van der Waals surface area contributed by atoms with Gasteiger partial charge in [-0.3, -0.25) is 4.79 Å². The van der Waals surface area contributed by atoms with Crippen LogP contribution in [0.1, 0.15) is 23.2 Å². The van der Waals surface area contributed by atoms with Crippen molar-refractivity contribution in [3.05, 3.63) is 22.8 Å². The van der Waals surface area contributed by atoms with E-state index in [1.165, 1.54) is 6.07 Å². The average molecular weight is 287 g/mol. The van der Waals surface area contributed by atoms with Crippen LogP contribution in [0.3, 0.4) is 0 Å². The molecule has 1 fully saturated rings. The van der Waals surface area contributed by atoms with Crippen molar-refractivity contribution in [2.75, 3.05) is 18.2 Å². The van der Waals surface area contributed by atoms with E-state index in [0.29, 0.717) is 17.9 Å². The summed E-state index contributed by atoms with van der Waals surface area (Å²) in [6.07, 6.45) is 4.38. The smallest absolute Gasteiger partial charge is 0.251 e. The molecule has 18 heavy (non-hydrogen) atoms. The molecule has 0 spiro atoms. The summed E-state index contributed by atoms with van der Waals surface area (Å²) in [5.41, 5.74) is 2.84. The summed E-state index contributed by atoms with van der Waals surface area (Å²) in [4.78, 5) is 15.9. The standard InChI is InChI=1S/C11H15ClN4OS/c1-18-11(2-3-11)6-14-10(17)7-4-8(12)15-9(5-7)16-13/h4-5H,2-3,6,13H2,1H3,(H,14,17)(H,15,16). The number of hydrogen-bond donors (Lipinski definition) is 3. The maximum atomic E-state index is 12.0. The first-order valence-corrected chi connectivity index (χ1v) is 7.16. The molecule has 0 aliphatic heterocycles. The molecular formula is C11H15ClN4OS. The van der Waals surface area contributed by atoms with Crippen LogP contribution in [0.2, 0.25) is 5.15 Å². The van der Waals surface area contributed by atoms with Gasteiger partial charge >= 0.3 is 0 Å². The first-order valence-electron chi connectivity index (χ1n) is 5.56. The molecular weight excluding hydrogens is 272 g/mol. The number of hydrogen-bond acceptors (Lipinski definition) is 5. The molecule has 7 heteroatoms. The molecule has 1 aromatic heterocycles. The Labute approximate surface area is 115 Å². The second-order valence-electron chi connectivity index (χ2n) is 4.28. The normalized spacial score (nSPS) is 16.2. The number of thioether (sulfide) groups is 1. The summed E-state index contributed by atoms with van der Waals surface area (Å²) < 4.78 is 0.238. The number of hydrazine groups is 1. The Hall–Kier alpha value is -0.980. The molecule has 4 N–H and O–H groups in total. The quantitative estimate of drug-likeness (QED) is 0.436. The summed E-state index contributed by atoms with van der Waals surface area (Å²) in [6.45, 7) is 0.679. The average Bonchev–Trinajstić information content (AvgIpc) is 3.16. The molecule has 0 bridgehead atoms. The van der Waals surface area contributed by atoms with Crippen LogP contribution in [0, 0.1) is 0 Å². The molecule has 1 saturated carbocycles. The van der Waals surface area contributed by atoms with Crippen LogP contribution in [0.25, 0.3) is 0 Å². The van der Waals surface area contributed by atoms with Crippen LogP contribution in [0.4, 0.5) is 5.82 Å². The number of nitrogens with zero attached hydrogens (tertiary/aromatic N) is 1. The SMILES string of the molecule is CSC1(CNC(=O)c2cc(Cl)nc(NN)c2)CC1. The number of carbonyl (C=O) groups excluding carboxylic acids is 1. The maximum Gasteiger partial charge on any atom is 0.251 e. The van der Waals surface area contributed by atoms with Gasteiger partial charge in [0.25, 0.3) is 5.91 Å². The predicted octanol–water partition coefficient (Wildman–Crippen LogP) is 1.65. The van der Waals surface area contributed by atoms with Crippen LogP contribution in [0.15, 0.2) is 12.1 Å². The van der Waals surface area contributed by atoms with Gasteiger partial charge in [-0.1, -0.05) is 11.6 Å². The van der Waals surface area contributed by atoms with Gasteiger partial charge in [0.1, 0.15) is 11.0 Å². The highest BCUT2D eigenvalue weighted by molar-refractivity contribution is 8.00. The highest BCUT2D eigenvalue weighted by Gasteiger charge is 2.41. The van der Waals surface area contributed by atoms with Gasteiger partial charge in [0, 0.05) is 16.9 Å².